The predicted molar refractivity (Wildman–Crippen MR) is 150 cm³/mol. The van der Waals surface area contributed by atoms with Crippen LogP contribution in [-0.4, -0.2) is 61.9 Å². The Hall–Kier alpha value is -3.06. The van der Waals surface area contributed by atoms with Crippen molar-refractivity contribution < 1.29 is 19.1 Å². The van der Waals surface area contributed by atoms with Gasteiger partial charge in [-0.2, -0.15) is 0 Å². The lowest BCUT2D eigenvalue weighted by Gasteiger charge is -2.32. The summed E-state index contributed by atoms with van der Waals surface area (Å²) in [7, 11) is 0. The molecule has 2 aromatic rings. The van der Waals surface area contributed by atoms with Crippen molar-refractivity contribution in [2.24, 2.45) is 5.92 Å². The van der Waals surface area contributed by atoms with Crippen LogP contribution >= 0.6 is 0 Å². The van der Waals surface area contributed by atoms with Crippen molar-refractivity contribution in [2.75, 3.05) is 38.2 Å². The van der Waals surface area contributed by atoms with Crippen LogP contribution in [-0.2, 0) is 20.7 Å². The second-order valence-corrected chi connectivity index (χ2v) is 10.7. The van der Waals surface area contributed by atoms with Gasteiger partial charge in [0.1, 0.15) is 0 Å². The Morgan fingerprint density at radius 3 is 2.42 bits per heavy atom. The van der Waals surface area contributed by atoms with E-state index in [4.69, 9.17) is 9.47 Å². The van der Waals surface area contributed by atoms with Crippen molar-refractivity contribution in [3.63, 3.8) is 0 Å². The lowest BCUT2D eigenvalue weighted by Crippen LogP contribution is -2.49. The first-order valence-electron chi connectivity index (χ1n) is 14.2. The third-order valence-electron chi connectivity index (χ3n) is 7.67. The molecule has 0 bridgehead atoms. The van der Waals surface area contributed by atoms with Crippen LogP contribution in [0, 0.1) is 12.8 Å². The first-order valence-corrected chi connectivity index (χ1v) is 14.2. The fraction of sp³-hybridized carbons (Fsp3) is 0.548. The van der Waals surface area contributed by atoms with Gasteiger partial charge in [0.2, 0.25) is 0 Å². The van der Waals surface area contributed by atoms with Gasteiger partial charge in [-0.1, -0.05) is 80.1 Å². The molecule has 206 valence electrons. The highest BCUT2D eigenvalue weighted by Crippen LogP contribution is 2.29. The summed E-state index contributed by atoms with van der Waals surface area (Å²) < 4.78 is 11.3. The SMILES string of the molecule is Cc1ccc(NC[C@H](CCc2ccccc2)NC(=O)O[C@@H](CC2CCCCC2)C(=O)N2CCOCC2)cc1. The van der Waals surface area contributed by atoms with E-state index in [1.165, 1.54) is 30.4 Å². The number of rotatable bonds is 11. The van der Waals surface area contributed by atoms with E-state index < -0.39 is 12.2 Å². The molecule has 0 aromatic heterocycles. The number of aryl methyl sites for hydroxylation is 2. The van der Waals surface area contributed by atoms with Gasteiger partial charge in [-0.05, 0) is 49.8 Å². The Balaban J connectivity index is 1.39. The van der Waals surface area contributed by atoms with Crippen molar-refractivity contribution in [2.45, 2.75) is 70.4 Å². The second-order valence-electron chi connectivity index (χ2n) is 10.7. The number of amides is 2. The van der Waals surface area contributed by atoms with Crippen molar-refractivity contribution in [1.82, 2.24) is 10.2 Å². The van der Waals surface area contributed by atoms with Gasteiger partial charge in [-0.25, -0.2) is 4.79 Å². The number of carbonyl (C=O) groups excluding carboxylic acids is 2. The molecule has 4 rings (SSSR count). The van der Waals surface area contributed by atoms with Gasteiger partial charge in [0.05, 0.1) is 13.2 Å². The van der Waals surface area contributed by atoms with Crippen molar-refractivity contribution in [3.8, 4) is 0 Å². The number of ether oxygens (including phenoxy) is 2. The normalized spacial score (nSPS) is 17.9. The lowest BCUT2D eigenvalue weighted by atomic mass is 9.85. The molecule has 2 fully saturated rings. The molecule has 0 spiro atoms. The molecule has 2 aromatic carbocycles. The summed E-state index contributed by atoms with van der Waals surface area (Å²) in [6.45, 7) is 4.78. The van der Waals surface area contributed by atoms with Crippen molar-refractivity contribution in [3.05, 3.63) is 65.7 Å². The summed E-state index contributed by atoms with van der Waals surface area (Å²) in [6.07, 6.45) is 6.71. The van der Waals surface area contributed by atoms with E-state index in [9.17, 15) is 9.59 Å². The van der Waals surface area contributed by atoms with E-state index in [2.05, 4.69) is 41.8 Å². The zero-order valence-electron chi connectivity index (χ0n) is 22.7. The maximum Gasteiger partial charge on any atom is 0.408 e. The van der Waals surface area contributed by atoms with Crippen molar-refractivity contribution in [1.29, 1.82) is 0 Å². The zero-order chi connectivity index (χ0) is 26.6. The molecule has 2 amide bonds. The Bertz CT molecular complexity index is 986. The number of benzene rings is 2. The van der Waals surface area contributed by atoms with Crippen LogP contribution in [0.15, 0.2) is 54.6 Å². The molecule has 2 atom stereocenters. The van der Waals surface area contributed by atoms with Crippen molar-refractivity contribution >= 4 is 17.7 Å². The number of morpholine rings is 1. The molecule has 1 aliphatic heterocycles. The molecule has 1 aliphatic carbocycles. The van der Waals surface area contributed by atoms with Crippen LogP contribution in [0.5, 0.6) is 0 Å². The van der Waals surface area contributed by atoms with Crippen LogP contribution < -0.4 is 10.6 Å². The number of hydrogen-bond donors (Lipinski definition) is 2. The molecule has 0 radical (unpaired) electrons. The summed E-state index contributed by atoms with van der Waals surface area (Å²) in [5, 5.41) is 6.52. The van der Waals surface area contributed by atoms with Gasteiger partial charge in [-0.15, -0.1) is 0 Å². The Morgan fingerprint density at radius 1 is 1.00 bits per heavy atom. The molecule has 7 nitrogen and oxygen atoms in total. The number of nitrogens with one attached hydrogen (secondary N) is 2. The van der Waals surface area contributed by atoms with Gasteiger partial charge in [-0.3, -0.25) is 4.79 Å². The summed E-state index contributed by atoms with van der Waals surface area (Å²) in [4.78, 5) is 28.4. The third-order valence-corrected chi connectivity index (χ3v) is 7.67. The van der Waals surface area contributed by atoms with Gasteiger partial charge >= 0.3 is 6.09 Å². The summed E-state index contributed by atoms with van der Waals surface area (Å²) in [5.41, 5.74) is 3.43. The van der Waals surface area contributed by atoms with E-state index in [-0.39, 0.29) is 11.9 Å². The van der Waals surface area contributed by atoms with Gasteiger partial charge in [0.15, 0.2) is 6.10 Å². The highest BCUT2D eigenvalue weighted by Gasteiger charge is 2.32. The first kappa shape index (κ1) is 28.0. The highest BCUT2D eigenvalue weighted by molar-refractivity contribution is 5.83. The summed E-state index contributed by atoms with van der Waals surface area (Å²) in [5.74, 6) is 0.330. The number of carbonyl (C=O) groups is 2. The van der Waals surface area contributed by atoms with Crippen LogP contribution in [0.4, 0.5) is 10.5 Å². The average Bonchev–Trinajstić information content (AvgIpc) is 2.96. The molecule has 38 heavy (non-hydrogen) atoms. The summed E-state index contributed by atoms with van der Waals surface area (Å²) >= 11 is 0. The number of anilines is 1. The second kappa shape index (κ2) is 14.8. The Labute approximate surface area is 227 Å². The van der Waals surface area contributed by atoms with E-state index >= 15 is 0 Å². The molecule has 1 heterocycles. The first-order chi connectivity index (χ1) is 18.6. The van der Waals surface area contributed by atoms with Crippen LogP contribution in [0.1, 0.15) is 56.1 Å². The fourth-order valence-corrected chi connectivity index (χ4v) is 5.37. The molecule has 0 unspecified atom stereocenters. The zero-order valence-corrected chi connectivity index (χ0v) is 22.7. The van der Waals surface area contributed by atoms with Gasteiger partial charge in [0, 0.05) is 31.4 Å². The predicted octanol–water partition coefficient (Wildman–Crippen LogP) is 5.33. The van der Waals surface area contributed by atoms with Gasteiger partial charge in [0.25, 0.3) is 5.91 Å². The van der Waals surface area contributed by atoms with E-state index in [1.54, 1.807) is 4.90 Å². The van der Waals surface area contributed by atoms with Crippen LogP contribution in [0.25, 0.3) is 0 Å². The van der Waals surface area contributed by atoms with Crippen LogP contribution in [0.3, 0.4) is 0 Å². The van der Waals surface area contributed by atoms with E-state index in [1.807, 2.05) is 30.3 Å². The van der Waals surface area contributed by atoms with Gasteiger partial charge < -0.3 is 25.0 Å². The molecule has 1 saturated heterocycles. The summed E-state index contributed by atoms with van der Waals surface area (Å²) in [6, 6.07) is 18.3. The number of alkyl carbamates (subject to hydrolysis) is 1. The van der Waals surface area contributed by atoms with E-state index in [0.717, 1.165) is 31.4 Å². The fourth-order valence-electron chi connectivity index (χ4n) is 5.37. The number of nitrogens with zero attached hydrogens (tertiary/aromatic N) is 1. The van der Waals surface area contributed by atoms with Crippen LogP contribution in [0.2, 0.25) is 0 Å². The molecular weight excluding hydrogens is 478 g/mol. The highest BCUT2D eigenvalue weighted by atomic mass is 16.6. The largest absolute Gasteiger partial charge is 0.436 e. The Morgan fingerprint density at radius 2 is 1.71 bits per heavy atom. The monoisotopic (exact) mass is 521 g/mol. The standard InChI is InChI=1S/C31H43N3O4/c1-24-12-15-27(16-13-24)32-23-28(17-14-25-8-4-2-5-9-25)33-31(36)38-29(22-26-10-6-3-7-11-26)30(35)34-18-20-37-21-19-34/h2,4-5,8-9,12-13,15-16,26,28-29,32H,3,6-7,10-11,14,17-23H2,1H3,(H,33,36)/t28-,29-/m0/s1. The minimum atomic E-state index is -0.754. The third kappa shape index (κ3) is 9.05. The minimum absolute atomic E-state index is 0.0901. The van der Waals surface area contributed by atoms with E-state index in [0.29, 0.717) is 45.2 Å². The quantitative estimate of drug-likeness (QED) is 0.418. The number of hydrogen-bond acceptors (Lipinski definition) is 5. The molecule has 7 heteroatoms. The lowest BCUT2D eigenvalue weighted by molar-refractivity contribution is -0.145. The Kier molecular flexibility index (Phi) is 10.9. The maximum absolute atomic E-state index is 13.4. The average molecular weight is 522 g/mol. The minimum Gasteiger partial charge on any atom is -0.436 e. The molecular formula is C31H43N3O4. The molecule has 2 aliphatic rings. The molecule has 2 N–H and O–H groups in total. The molecule has 1 saturated carbocycles. The maximum atomic E-state index is 13.4. The smallest absolute Gasteiger partial charge is 0.408 e. The topological polar surface area (TPSA) is 79.9 Å².